The molecule has 0 N–H and O–H groups in total. The molecule has 1 unspecified atom stereocenters. The molecule has 29 heavy (non-hydrogen) atoms. The molecule has 5 nitrogen and oxygen atoms in total. The van der Waals surface area contributed by atoms with Crippen LogP contribution in [0, 0.1) is 5.41 Å². The van der Waals surface area contributed by atoms with E-state index in [1.165, 1.54) is 11.8 Å². The molecule has 0 bridgehead atoms. The molecule has 1 aromatic heterocycles. The maximum absolute atomic E-state index is 13.4. The molecule has 7 heteroatoms. The second-order valence-corrected chi connectivity index (χ2v) is 8.97. The van der Waals surface area contributed by atoms with Gasteiger partial charge in [0, 0.05) is 11.4 Å². The fraction of sp³-hybridized carbons (Fsp3) is 0.318. The lowest BCUT2D eigenvalue weighted by molar-refractivity contribution is -0.120. The average Bonchev–Trinajstić information content (AvgIpc) is 3.14. The first-order valence-corrected chi connectivity index (χ1v) is 11.0. The molecule has 1 amide bonds. The summed E-state index contributed by atoms with van der Waals surface area (Å²) in [6.07, 6.45) is 1.96. The van der Waals surface area contributed by atoms with Crippen LogP contribution in [0.1, 0.15) is 26.6 Å². The van der Waals surface area contributed by atoms with Crippen molar-refractivity contribution < 1.29 is 4.79 Å². The zero-order chi connectivity index (χ0) is 21.0. The number of hydrogen-bond acceptors (Lipinski definition) is 4. The molecule has 0 aliphatic heterocycles. The quantitative estimate of drug-likeness (QED) is 0.401. The van der Waals surface area contributed by atoms with Gasteiger partial charge in [0.05, 0.1) is 6.54 Å². The molecule has 0 aliphatic rings. The number of hydrogen-bond donors (Lipinski definition) is 0. The van der Waals surface area contributed by atoms with E-state index >= 15 is 0 Å². The summed E-state index contributed by atoms with van der Waals surface area (Å²) >= 11 is 8.08. The largest absolute Gasteiger partial charge is 0.303 e. The monoisotopic (exact) mass is 428 g/mol. The van der Waals surface area contributed by atoms with Crippen molar-refractivity contribution in [2.45, 2.75) is 37.8 Å². The summed E-state index contributed by atoms with van der Waals surface area (Å²) in [5.41, 5.74) is 1.36. The third kappa shape index (κ3) is 4.82. The smallest absolute Gasteiger partial charge is 0.245 e. The Morgan fingerprint density at radius 3 is 2.21 bits per heavy atom. The van der Waals surface area contributed by atoms with Crippen molar-refractivity contribution in [3.8, 4) is 5.69 Å². The maximum Gasteiger partial charge on any atom is 0.245 e. The lowest BCUT2D eigenvalue weighted by Gasteiger charge is -2.30. The molecule has 0 radical (unpaired) electrons. The Balaban J connectivity index is 2.04. The number of alkyl halides is 1. The minimum Gasteiger partial charge on any atom is -0.303 e. The van der Waals surface area contributed by atoms with Gasteiger partial charge in [0.25, 0.3) is 0 Å². The summed E-state index contributed by atoms with van der Waals surface area (Å²) in [5.74, 6) is 0.522. The van der Waals surface area contributed by atoms with Crippen LogP contribution in [-0.4, -0.2) is 32.3 Å². The summed E-state index contributed by atoms with van der Waals surface area (Å²) in [6, 6.07) is 19.5. The Morgan fingerprint density at radius 2 is 1.66 bits per heavy atom. The Morgan fingerprint density at radius 1 is 1.07 bits per heavy atom. The number of anilines is 1. The minimum absolute atomic E-state index is 0.154. The van der Waals surface area contributed by atoms with Gasteiger partial charge in [-0.25, -0.2) is 0 Å². The van der Waals surface area contributed by atoms with E-state index in [1.807, 2.05) is 92.3 Å². The predicted octanol–water partition coefficient (Wildman–Crippen LogP) is 5.18. The standard InChI is InChI=1S/C22H25ClN4OS/c1-22(2,3)19(23)20(28)26(16-11-7-5-8-12-16)15-18-24-25-21(29-4)27(18)17-13-9-6-10-14-17/h5-14,19H,15H2,1-4H3. The summed E-state index contributed by atoms with van der Waals surface area (Å²) < 4.78 is 1.98. The zero-order valence-electron chi connectivity index (χ0n) is 17.0. The molecular weight excluding hydrogens is 404 g/mol. The fourth-order valence-electron chi connectivity index (χ4n) is 2.92. The van der Waals surface area contributed by atoms with Gasteiger partial charge >= 0.3 is 0 Å². The van der Waals surface area contributed by atoms with Crippen LogP contribution in [0.2, 0.25) is 0 Å². The van der Waals surface area contributed by atoms with Crippen LogP contribution < -0.4 is 4.90 Å². The van der Waals surface area contributed by atoms with E-state index in [9.17, 15) is 4.79 Å². The Labute approximate surface area is 181 Å². The van der Waals surface area contributed by atoms with Gasteiger partial charge in [-0.2, -0.15) is 0 Å². The van der Waals surface area contributed by atoms with Gasteiger partial charge in [0.2, 0.25) is 5.91 Å². The second kappa shape index (κ2) is 9.01. The highest BCUT2D eigenvalue weighted by Gasteiger charge is 2.34. The van der Waals surface area contributed by atoms with Crippen LogP contribution >= 0.6 is 23.4 Å². The van der Waals surface area contributed by atoms with E-state index in [0.717, 1.165) is 16.5 Å². The SMILES string of the molecule is CSc1nnc(CN(C(=O)C(Cl)C(C)(C)C)c2ccccc2)n1-c1ccccc1. The Bertz CT molecular complexity index is 954. The van der Waals surface area contributed by atoms with Gasteiger partial charge in [-0.05, 0) is 35.9 Å². The summed E-state index contributed by atoms with van der Waals surface area (Å²) in [4.78, 5) is 15.0. The van der Waals surface area contributed by atoms with E-state index < -0.39 is 5.38 Å². The van der Waals surface area contributed by atoms with Crippen LogP contribution in [-0.2, 0) is 11.3 Å². The molecule has 1 heterocycles. The second-order valence-electron chi connectivity index (χ2n) is 7.76. The lowest BCUT2D eigenvalue weighted by atomic mass is 9.91. The first kappa shape index (κ1) is 21.4. The fourth-order valence-corrected chi connectivity index (χ4v) is 3.56. The van der Waals surface area contributed by atoms with E-state index in [1.54, 1.807) is 4.90 Å². The van der Waals surface area contributed by atoms with Gasteiger partial charge in [0.15, 0.2) is 11.0 Å². The Hall–Kier alpha value is -2.31. The van der Waals surface area contributed by atoms with Crippen LogP contribution in [0.3, 0.4) is 0 Å². The summed E-state index contributed by atoms with van der Waals surface area (Å²) in [7, 11) is 0. The van der Waals surface area contributed by atoms with Crippen molar-refractivity contribution in [2.24, 2.45) is 5.41 Å². The number of halogens is 1. The average molecular weight is 429 g/mol. The van der Waals surface area contributed by atoms with Crippen LogP contribution in [0.5, 0.6) is 0 Å². The molecule has 0 saturated heterocycles. The number of nitrogens with zero attached hydrogens (tertiary/aromatic N) is 4. The number of carbonyl (C=O) groups excluding carboxylic acids is 1. The van der Waals surface area contributed by atoms with E-state index in [0.29, 0.717) is 5.82 Å². The molecule has 0 spiro atoms. The van der Waals surface area contributed by atoms with Crippen molar-refractivity contribution in [3.63, 3.8) is 0 Å². The van der Waals surface area contributed by atoms with Gasteiger partial charge in [-0.1, -0.05) is 68.9 Å². The number of benzene rings is 2. The third-order valence-electron chi connectivity index (χ3n) is 4.51. The van der Waals surface area contributed by atoms with E-state index in [-0.39, 0.29) is 17.9 Å². The number of rotatable bonds is 6. The van der Waals surface area contributed by atoms with Crippen LogP contribution in [0.15, 0.2) is 65.8 Å². The molecule has 3 rings (SSSR count). The summed E-state index contributed by atoms with van der Waals surface area (Å²) in [6.45, 7) is 6.16. The van der Waals surface area contributed by atoms with E-state index in [2.05, 4.69) is 10.2 Å². The highest BCUT2D eigenvalue weighted by molar-refractivity contribution is 7.98. The molecule has 3 aromatic rings. The van der Waals surface area contributed by atoms with Gasteiger partial charge in [0.1, 0.15) is 5.38 Å². The topological polar surface area (TPSA) is 51.0 Å². The van der Waals surface area contributed by atoms with Crippen molar-refractivity contribution in [1.29, 1.82) is 0 Å². The molecule has 152 valence electrons. The van der Waals surface area contributed by atoms with Crippen LogP contribution in [0.4, 0.5) is 5.69 Å². The normalized spacial score (nSPS) is 12.6. The summed E-state index contributed by atoms with van der Waals surface area (Å²) in [5, 5.41) is 8.80. The highest BCUT2D eigenvalue weighted by atomic mass is 35.5. The third-order valence-corrected chi connectivity index (χ3v) is 5.98. The molecule has 0 fully saturated rings. The predicted molar refractivity (Wildman–Crippen MR) is 120 cm³/mol. The molecule has 2 aromatic carbocycles. The Kier molecular flexibility index (Phi) is 6.65. The number of amides is 1. The van der Waals surface area contributed by atoms with Crippen LogP contribution in [0.25, 0.3) is 5.69 Å². The van der Waals surface area contributed by atoms with Crippen molar-refractivity contribution >= 4 is 35.0 Å². The number of para-hydroxylation sites is 2. The molecular formula is C22H25ClN4OS. The molecule has 1 atom stereocenters. The van der Waals surface area contributed by atoms with Crippen molar-refractivity contribution in [2.75, 3.05) is 11.2 Å². The first-order chi connectivity index (χ1) is 13.8. The molecule has 0 aliphatic carbocycles. The maximum atomic E-state index is 13.4. The molecule has 0 saturated carbocycles. The minimum atomic E-state index is -0.671. The number of aromatic nitrogens is 3. The lowest BCUT2D eigenvalue weighted by Crippen LogP contribution is -2.42. The van der Waals surface area contributed by atoms with Gasteiger partial charge < -0.3 is 4.90 Å². The number of carbonyl (C=O) groups is 1. The number of thioether (sulfide) groups is 1. The first-order valence-electron chi connectivity index (χ1n) is 9.37. The van der Waals surface area contributed by atoms with Crippen molar-refractivity contribution in [3.05, 3.63) is 66.5 Å². The van der Waals surface area contributed by atoms with Crippen molar-refractivity contribution in [1.82, 2.24) is 14.8 Å². The highest BCUT2D eigenvalue weighted by Crippen LogP contribution is 2.30. The zero-order valence-corrected chi connectivity index (χ0v) is 18.6. The van der Waals surface area contributed by atoms with Gasteiger partial charge in [-0.3, -0.25) is 9.36 Å². The van der Waals surface area contributed by atoms with Gasteiger partial charge in [-0.15, -0.1) is 21.8 Å². The van der Waals surface area contributed by atoms with E-state index in [4.69, 9.17) is 11.6 Å².